The van der Waals surface area contributed by atoms with Crippen molar-refractivity contribution in [3.8, 4) is 0 Å². The van der Waals surface area contributed by atoms with Gasteiger partial charge < -0.3 is 9.64 Å². The molecule has 1 heterocycles. The van der Waals surface area contributed by atoms with E-state index < -0.39 is 5.97 Å². The smallest absolute Gasteiger partial charge is 0.337 e. The normalized spacial score (nSPS) is 15.1. The maximum absolute atomic E-state index is 11.6. The van der Waals surface area contributed by atoms with Gasteiger partial charge in [0.2, 0.25) is 5.91 Å². The molecule has 0 aliphatic carbocycles. The van der Waals surface area contributed by atoms with Crippen LogP contribution >= 0.6 is 11.6 Å². The molecule has 1 aliphatic rings. The second kappa shape index (κ2) is 4.78. The third kappa shape index (κ3) is 2.36. The average Bonchev–Trinajstić information content (AvgIpc) is 2.66. The van der Waals surface area contributed by atoms with E-state index in [4.69, 9.17) is 11.6 Å². The molecule has 0 spiro atoms. The van der Waals surface area contributed by atoms with Crippen LogP contribution in [0.3, 0.4) is 0 Å². The van der Waals surface area contributed by atoms with Crippen LogP contribution < -0.4 is 4.90 Å². The van der Waals surface area contributed by atoms with Crippen molar-refractivity contribution in [2.75, 3.05) is 18.6 Å². The van der Waals surface area contributed by atoms with Gasteiger partial charge in [0.25, 0.3) is 0 Å². The largest absolute Gasteiger partial charge is 0.465 e. The highest BCUT2D eigenvalue weighted by atomic mass is 35.5. The minimum Gasteiger partial charge on any atom is -0.465 e. The van der Waals surface area contributed by atoms with E-state index in [-0.39, 0.29) is 30.2 Å². The van der Waals surface area contributed by atoms with E-state index in [1.54, 1.807) is 0 Å². The number of hydrogen-bond donors (Lipinski definition) is 0. The summed E-state index contributed by atoms with van der Waals surface area (Å²) in [6.45, 7) is 0.0137. The second-order valence-electron chi connectivity index (χ2n) is 3.89. The second-order valence-corrected chi connectivity index (χ2v) is 4.32. The van der Waals surface area contributed by atoms with Gasteiger partial charge in [-0.2, -0.15) is 0 Å². The van der Waals surface area contributed by atoms with Crippen molar-refractivity contribution in [1.82, 2.24) is 0 Å². The van der Waals surface area contributed by atoms with Gasteiger partial charge in [-0.05, 0) is 18.2 Å². The van der Waals surface area contributed by atoms with E-state index in [9.17, 15) is 14.4 Å². The molecule has 0 saturated carbocycles. The number of amides is 1. The van der Waals surface area contributed by atoms with Crippen LogP contribution in [0.25, 0.3) is 0 Å². The Hall–Kier alpha value is -1.88. The molecular weight excluding hydrogens is 258 g/mol. The molecule has 5 nitrogen and oxygen atoms in total. The highest BCUT2D eigenvalue weighted by Crippen LogP contribution is 2.25. The molecule has 1 aliphatic heterocycles. The van der Waals surface area contributed by atoms with Crippen molar-refractivity contribution >= 4 is 34.9 Å². The van der Waals surface area contributed by atoms with Crippen molar-refractivity contribution in [3.05, 3.63) is 28.8 Å². The first-order valence-corrected chi connectivity index (χ1v) is 5.60. The first-order chi connectivity index (χ1) is 8.51. The maximum atomic E-state index is 11.6. The Morgan fingerprint density at radius 3 is 2.61 bits per heavy atom. The molecule has 1 fully saturated rings. The summed E-state index contributed by atoms with van der Waals surface area (Å²) in [4.78, 5) is 35.5. The highest BCUT2D eigenvalue weighted by Gasteiger charge is 2.29. The summed E-state index contributed by atoms with van der Waals surface area (Å²) < 4.78 is 4.59. The summed E-state index contributed by atoms with van der Waals surface area (Å²) in [5.41, 5.74) is 0.672. The molecular formula is C12H10ClNO4. The molecule has 1 aromatic carbocycles. The number of ketones is 1. The Morgan fingerprint density at radius 2 is 2.06 bits per heavy atom. The van der Waals surface area contributed by atoms with Crippen LogP contribution in [0.2, 0.25) is 5.02 Å². The van der Waals surface area contributed by atoms with Gasteiger partial charge in [-0.25, -0.2) is 4.79 Å². The lowest BCUT2D eigenvalue weighted by molar-refractivity contribution is -0.121. The fourth-order valence-corrected chi connectivity index (χ4v) is 2.01. The van der Waals surface area contributed by atoms with E-state index in [1.165, 1.54) is 30.2 Å². The van der Waals surface area contributed by atoms with Crippen LogP contribution in [-0.2, 0) is 14.3 Å². The maximum Gasteiger partial charge on any atom is 0.337 e. The molecule has 2 rings (SSSR count). The van der Waals surface area contributed by atoms with Crippen LogP contribution in [0.5, 0.6) is 0 Å². The lowest BCUT2D eigenvalue weighted by Gasteiger charge is -2.15. The van der Waals surface area contributed by atoms with Gasteiger partial charge in [0.15, 0.2) is 5.78 Å². The topological polar surface area (TPSA) is 63.7 Å². The predicted molar refractivity (Wildman–Crippen MR) is 64.8 cm³/mol. The van der Waals surface area contributed by atoms with Gasteiger partial charge in [0, 0.05) is 10.7 Å². The van der Waals surface area contributed by atoms with Gasteiger partial charge in [-0.15, -0.1) is 0 Å². The summed E-state index contributed by atoms with van der Waals surface area (Å²) in [5, 5.41) is 0.306. The van der Waals surface area contributed by atoms with Gasteiger partial charge in [-0.3, -0.25) is 9.59 Å². The number of benzene rings is 1. The predicted octanol–water partition coefficient (Wildman–Crippen LogP) is 1.43. The number of nitrogens with zero attached hydrogens (tertiary/aromatic N) is 1. The van der Waals surface area contributed by atoms with Gasteiger partial charge >= 0.3 is 5.97 Å². The Morgan fingerprint density at radius 1 is 1.33 bits per heavy atom. The van der Waals surface area contributed by atoms with E-state index >= 15 is 0 Å². The van der Waals surface area contributed by atoms with E-state index in [0.29, 0.717) is 10.7 Å². The highest BCUT2D eigenvalue weighted by molar-refractivity contribution is 6.31. The van der Waals surface area contributed by atoms with Gasteiger partial charge in [0.05, 0.1) is 25.6 Å². The van der Waals surface area contributed by atoms with Crippen molar-refractivity contribution < 1.29 is 19.1 Å². The molecule has 1 amide bonds. The number of anilines is 1. The average molecular weight is 268 g/mol. The molecule has 0 atom stereocenters. The summed E-state index contributed by atoms with van der Waals surface area (Å²) in [6.07, 6.45) is -0.111. The molecule has 0 aromatic heterocycles. The van der Waals surface area contributed by atoms with Crippen LogP contribution in [0.4, 0.5) is 5.69 Å². The van der Waals surface area contributed by atoms with Crippen molar-refractivity contribution in [1.29, 1.82) is 0 Å². The van der Waals surface area contributed by atoms with E-state index in [1.807, 2.05) is 0 Å². The van der Waals surface area contributed by atoms with Crippen LogP contribution in [0, 0.1) is 0 Å². The SMILES string of the molecule is COC(=O)c1cc(Cl)cc(N2CC(=O)CC2=O)c1. The van der Waals surface area contributed by atoms with Crippen LogP contribution in [0.1, 0.15) is 16.8 Å². The summed E-state index contributed by atoms with van der Waals surface area (Å²) >= 11 is 5.88. The van der Waals surface area contributed by atoms with Gasteiger partial charge in [0.1, 0.15) is 0 Å². The monoisotopic (exact) mass is 267 g/mol. The quantitative estimate of drug-likeness (QED) is 0.601. The Balaban J connectivity index is 2.39. The lowest BCUT2D eigenvalue weighted by atomic mass is 10.2. The number of carbonyl (C=O) groups is 3. The zero-order valence-electron chi connectivity index (χ0n) is 9.60. The molecule has 1 aromatic rings. The molecule has 94 valence electrons. The molecule has 0 radical (unpaired) electrons. The molecule has 6 heteroatoms. The van der Waals surface area contributed by atoms with Crippen molar-refractivity contribution in [3.63, 3.8) is 0 Å². The number of hydrogen-bond acceptors (Lipinski definition) is 4. The molecule has 0 N–H and O–H groups in total. The van der Waals surface area contributed by atoms with Crippen molar-refractivity contribution in [2.24, 2.45) is 0 Å². The number of Topliss-reactive ketones (excluding diaryl/α,β-unsaturated/α-hetero) is 1. The standard InChI is InChI=1S/C12H10ClNO4/c1-18-12(17)7-2-8(13)4-9(3-7)14-6-10(15)5-11(14)16/h2-4H,5-6H2,1H3. The molecule has 18 heavy (non-hydrogen) atoms. The first-order valence-electron chi connectivity index (χ1n) is 5.22. The zero-order valence-corrected chi connectivity index (χ0v) is 10.4. The number of ether oxygens (including phenoxy) is 1. The lowest BCUT2D eigenvalue weighted by Crippen LogP contribution is -2.24. The number of carbonyl (C=O) groups excluding carboxylic acids is 3. The zero-order chi connectivity index (χ0) is 13.3. The number of halogens is 1. The third-order valence-corrected chi connectivity index (χ3v) is 2.82. The number of esters is 1. The molecule has 0 unspecified atom stereocenters. The fourth-order valence-electron chi connectivity index (χ4n) is 1.79. The van der Waals surface area contributed by atoms with Crippen LogP contribution in [0.15, 0.2) is 18.2 Å². The Kier molecular flexibility index (Phi) is 3.34. The Bertz CT molecular complexity index is 541. The summed E-state index contributed by atoms with van der Waals surface area (Å²) in [7, 11) is 1.26. The molecule has 0 bridgehead atoms. The minimum atomic E-state index is -0.545. The van der Waals surface area contributed by atoms with E-state index in [2.05, 4.69) is 4.74 Å². The summed E-state index contributed by atoms with van der Waals surface area (Å²) in [5.74, 6) is -0.991. The van der Waals surface area contributed by atoms with Crippen LogP contribution in [-0.4, -0.2) is 31.3 Å². The number of methoxy groups -OCH3 is 1. The van der Waals surface area contributed by atoms with Gasteiger partial charge in [-0.1, -0.05) is 11.6 Å². The van der Waals surface area contributed by atoms with Crippen molar-refractivity contribution in [2.45, 2.75) is 6.42 Å². The Labute approximate surface area is 108 Å². The minimum absolute atomic E-state index is 0.0137. The molecule has 1 saturated heterocycles. The van der Waals surface area contributed by atoms with E-state index in [0.717, 1.165) is 0 Å². The summed E-state index contributed by atoms with van der Waals surface area (Å²) in [6, 6.07) is 4.46. The first kappa shape index (κ1) is 12.6. The number of rotatable bonds is 2. The fraction of sp³-hybridized carbons (Fsp3) is 0.250. The third-order valence-electron chi connectivity index (χ3n) is 2.60.